The summed E-state index contributed by atoms with van der Waals surface area (Å²) in [5.74, 6) is -4.00. The molecule has 5 rings (SSSR count). The molecule has 3 aliphatic rings. The average molecular weight is 522 g/mol. The molecule has 2 fully saturated rings. The zero-order valence-electron chi connectivity index (χ0n) is 20.1. The van der Waals surface area contributed by atoms with Crippen LogP contribution in [0.25, 0.3) is 0 Å². The van der Waals surface area contributed by atoms with Gasteiger partial charge < -0.3 is 35.9 Å². The van der Waals surface area contributed by atoms with Gasteiger partial charge in [0.05, 0.1) is 23.4 Å². The number of hydrogen-bond acceptors (Lipinski definition) is 7. The molecule has 11 nitrogen and oxygen atoms in total. The third-order valence-electron chi connectivity index (χ3n) is 6.93. The Bertz CT molecular complexity index is 1420. The SMILES string of the molecule is N[C@@H]1C(=O)N2C(C(=O)[O-])=C(/C=C3\CCN(c4cc[n+](CC(=O)Nc5ccc(O)c(F)c5)cc4)C3=O)CC[C@H]12. The molecule has 0 spiro atoms. The van der Waals surface area contributed by atoms with Crippen LogP contribution < -0.4 is 25.6 Å². The second-order valence-corrected chi connectivity index (χ2v) is 9.32. The van der Waals surface area contributed by atoms with E-state index < -0.39 is 35.4 Å². The molecule has 3 amide bonds. The summed E-state index contributed by atoms with van der Waals surface area (Å²) < 4.78 is 15.0. The molecule has 4 N–H and O–H groups in total. The minimum Gasteiger partial charge on any atom is -0.543 e. The maximum absolute atomic E-state index is 13.5. The first-order valence-electron chi connectivity index (χ1n) is 12.0. The lowest BCUT2D eigenvalue weighted by molar-refractivity contribution is -0.684. The van der Waals surface area contributed by atoms with E-state index in [1.807, 2.05) is 0 Å². The molecule has 0 aliphatic carbocycles. The molecule has 0 radical (unpaired) electrons. The number of halogens is 1. The van der Waals surface area contributed by atoms with E-state index in [0.29, 0.717) is 42.6 Å². The van der Waals surface area contributed by atoms with Crippen molar-refractivity contribution in [1.82, 2.24) is 4.90 Å². The minimum atomic E-state index is -1.48. The van der Waals surface area contributed by atoms with Gasteiger partial charge in [-0.2, -0.15) is 4.57 Å². The number of allylic oxidation sites excluding steroid dienone is 2. The molecule has 196 valence electrons. The second kappa shape index (κ2) is 9.71. The molecule has 0 saturated carbocycles. The highest BCUT2D eigenvalue weighted by Gasteiger charge is 2.49. The van der Waals surface area contributed by atoms with E-state index in [0.717, 1.165) is 17.0 Å². The van der Waals surface area contributed by atoms with Gasteiger partial charge in [-0.25, -0.2) is 4.39 Å². The van der Waals surface area contributed by atoms with Crippen molar-refractivity contribution >= 4 is 35.1 Å². The maximum atomic E-state index is 13.5. The number of hydrogen-bond donors (Lipinski definition) is 3. The molecule has 2 atom stereocenters. The predicted molar refractivity (Wildman–Crippen MR) is 128 cm³/mol. The molecule has 3 aliphatic heterocycles. The lowest BCUT2D eigenvalue weighted by Crippen LogP contribution is -2.70. The molecule has 0 bridgehead atoms. The van der Waals surface area contributed by atoms with Crippen LogP contribution in [0.5, 0.6) is 5.75 Å². The second-order valence-electron chi connectivity index (χ2n) is 9.32. The van der Waals surface area contributed by atoms with Crippen molar-refractivity contribution in [2.75, 3.05) is 16.8 Å². The van der Waals surface area contributed by atoms with Crippen molar-refractivity contribution in [3.63, 3.8) is 0 Å². The number of carbonyl (C=O) groups excluding carboxylic acids is 4. The van der Waals surface area contributed by atoms with Gasteiger partial charge in [0.25, 0.3) is 11.8 Å². The van der Waals surface area contributed by atoms with Crippen molar-refractivity contribution in [1.29, 1.82) is 0 Å². The number of benzene rings is 1. The highest BCUT2D eigenvalue weighted by atomic mass is 19.1. The number of phenols is 1. The number of β-lactam (4-membered cyclic amide) rings is 1. The van der Waals surface area contributed by atoms with E-state index >= 15 is 0 Å². The molecular weight excluding hydrogens is 497 g/mol. The van der Waals surface area contributed by atoms with Gasteiger partial charge in [-0.15, -0.1) is 0 Å². The summed E-state index contributed by atoms with van der Waals surface area (Å²) in [6, 6.07) is 5.79. The third-order valence-corrected chi connectivity index (χ3v) is 6.93. The van der Waals surface area contributed by atoms with Crippen molar-refractivity contribution in [2.45, 2.75) is 37.9 Å². The lowest BCUT2D eigenvalue weighted by Gasteiger charge is -2.50. The Morgan fingerprint density at radius 3 is 2.63 bits per heavy atom. The molecule has 1 aromatic carbocycles. The zero-order chi connectivity index (χ0) is 27.1. The van der Waals surface area contributed by atoms with E-state index in [1.165, 1.54) is 6.07 Å². The van der Waals surface area contributed by atoms with Gasteiger partial charge in [0, 0.05) is 36.0 Å². The van der Waals surface area contributed by atoms with Crippen LogP contribution in [0.1, 0.15) is 19.3 Å². The number of carboxylic acid groups (broad SMARTS) is 1. The summed E-state index contributed by atoms with van der Waals surface area (Å²) >= 11 is 0. The smallest absolute Gasteiger partial charge is 0.290 e. The van der Waals surface area contributed by atoms with Crippen LogP contribution in [0, 0.1) is 5.82 Å². The lowest BCUT2D eigenvalue weighted by atomic mass is 9.83. The van der Waals surface area contributed by atoms with Crippen LogP contribution in [0.4, 0.5) is 15.8 Å². The van der Waals surface area contributed by atoms with E-state index in [4.69, 9.17) is 5.73 Å². The van der Waals surface area contributed by atoms with E-state index in [9.17, 15) is 33.8 Å². The quantitative estimate of drug-likeness (QED) is 0.199. The Hall–Kier alpha value is -4.58. The van der Waals surface area contributed by atoms with Gasteiger partial charge >= 0.3 is 0 Å². The Balaban J connectivity index is 1.26. The van der Waals surface area contributed by atoms with Crippen molar-refractivity contribution in [3.8, 4) is 5.75 Å². The monoisotopic (exact) mass is 521 g/mol. The van der Waals surface area contributed by atoms with E-state index in [-0.39, 0.29) is 29.9 Å². The number of nitrogens with one attached hydrogen (secondary N) is 1. The summed E-state index contributed by atoms with van der Waals surface area (Å²) in [6.45, 7) is 0.313. The molecule has 1 aromatic heterocycles. The molecule has 38 heavy (non-hydrogen) atoms. The largest absolute Gasteiger partial charge is 0.543 e. The molecule has 2 aromatic rings. The zero-order valence-corrected chi connectivity index (χ0v) is 20.1. The van der Waals surface area contributed by atoms with Gasteiger partial charge in [-0.05, 0) is 43.0 Å². The van der Waals surface area contributed by atoms with Crippen molar-refractivity contribution in [3.05, 3.63) is 71.5 Å². The van der Waals surface area contributed by atoms with Crippen molar-refractivity contribution < 1.29 is 38.3 Å². The van der Waals surface area contributed by atoms with Crippen molar-refractivity contribution in [2.24, 2.45) is 5.73 Å². The van der Waals surface area contributed by atoms with Gasteiger partial charge in [0.1, 0.15) is 6.04 Å². The Labute approximate surface area is 216 Å². The topological polar surface area (TPSA) is 160 Å². The third kappa shape index (κ3) is 4.50. The normalized spacial score (nSPS) is 22.0. The first-order valence-corrected chi connectivity index (χ1v) is 12.0. The number of carboxylic acids is 1. The van der Waals surface area contributed by atoms with E-state index in [2.05, 4.69) is 5.32 Å². The number of phenolic OH excluding ortho intramolecular Hbond substituents is 1. The van der Waals surface area contributed by atoms with Crippen LogP contribution in [-0.2, 0) is 25.7 Å². The first kappa shape index (κ1) is 25.1. The number of aromatic nitrogens is 1. The Morgan fingerprint density at radius 1 is 1.21 bits per heavy atom. The standard InChI is InChI=1S/C26H24FN5O6/c27-18-12-16(2-4-20(18)33)29-21(34)13-30-8-6-17(7-9-30)31-10-5-15(24(31)35)11-14-1-3-19-22(28)25(36)32(19)23(14)26(37)38/h2,4,6-9,11-12,19,22H,1,3,5,10,13,28H2,(H2-,29,33,34,37,38)/b15-11+/t19-,22+/m1/s1. The van der Waals surface area contributed by atoms with Gasteiger partial charge in [-0.3, -0.25) is 14.4 Å². The molecule has 12 heteroatoms. The number of aliphatic carboxylic acids is 1. The number of amides is 3. The number of rotatable bonds is 6. The Morgan fingerprint density at radius 2 is 1.95 bits per heavy atom. The molecular formula is C26H24FN5O6. The number of fused-ring (bicyclic) bond motifs is 1. The van der Waals surface area contributed by atoms with Crippen LogP contribution in [0.3, 0.4) is 0 Å². The minimum absolute atomic E-state index is 0.0676. The highest BCUT2D eigenvalue weighted by Crippen LogP contribution is 2.37. The Kier molecular flexibility index (Phi) is 6.41. The fraction of sp³-hybridized carbons (Fsp3) is 0.269. The average Bonchev–Trinajstić information content (AvgIpc) is 3.25. The summed E-state index contributed by atoms with van der Waals surface area (Å²) in [7, 11) is 0. The number of anilines is 2. The summed E-state index contributed by atoms with van der Waals surface area (Å²) in [6.07, 6.45) is 6.05. The number of pyridine rings is 1. The summed E-state index contributed by atoms with van der Waals surface area (Å²) in [5.41, 5.74) is 7.16. The van der Waals surface area contributed by atoms with E-state index in [1.54, 1.807) is 40.1 Å². The fourth-order valence-corrected chi connectivity index (χ4v) is 4.99. The van der Waals surface area contributed by atoms with Crippen LogP contribution >= 0.6 is 0 Å². The van der Waals surface area contributed by atoms with Crippen LogP contribution in [0.15, 0.2) is 65.6 Å². The van der Waals surface area contributed by atoms with Gasteiger partial charge in [0.15, 0.2) is 24.0 Å². The molecule has 4 heterocycles. The number of nitrogens with zero attached hydrogens (tertiary/aromatic N) is 3. The summed E-state index contributed by atoms with van der Waals surface area (Å²) in [4.78, 5) is 52.0. The van der Waals surface area contributed by atoms with Crippen LogP contribution in [0.2, 0.25) is 0 Å². The van der Waals surface area contributed by atoms with Gasteiger partial charge in [-0.1, -0.05) is 0 Å². The fourth-order valence-electron chi connectivity index (χ4n) is 4.99. The maximum Gasteiger partial charge on any atom is 0.290 e. The molecule has 0 unspecified atom stereocenters. The summed E-state index contributed by atoms with van der Waals surface area (Å²) in [5, 5.41) is 23.6. The number of carbonyl (C=O) groups is 4. The highest BCUT2D eigenvalue weighted by molar-refractivity contribution is 6.08. The first-order chi connectivity index (χ1) is 18.1. The number of nitrogens with two attached hydrogens (primary N) is 1. The van der Waals surface area contributed by atoms with Crippen LogP contribution in [-0.4, -0.2) is 52.3 Å². The van der Waals surface area contributed by atoms with Gasteiger partial charge in [0.2, 0.25) is 12.5 Å². The number of aromatic hydroxyl groups is 1. The predicted octanol–water partition coefficient (Wildman–Crippen LogP) is -0.543. The molecule has 2 saturated heterocycles.